The number of hydrogen-bond donors (Lipinski definition) is 1. The molecule has 0 amide bonds. The smallest absolute Gasteiger partial charge is 0.243 e. The molecule has 0 unspecified atom stereocenters. The largest absolute Gasteiger partial charge is 0.493 e. The molecule has 0 aliphatic heterocycles. The van der Waals surface area contributed by atoms with E-state index in [2.05, 4.69) is 59.0 Å². The number of aryl methyl sites for hydroxylation is 2. The van der Waals surface area contributed by atoms with Crippen LogP contribution in [0, 0.1) is 6.92 Å². The summed E-state index contributed by atoms with van der Waals surface area (Å²) in [6, 6.07) is 14.2. The standard InChI is InChI=1S/C21H27N5O2/c1-4-5-13-26-21(23-24-25-26)22-14-18-7-6-8-19(27-3)20(18)28-15-17-11-9-16(2)10-12-17/h6-12H,4-5,13-15H2,1-3H3,(H,22,23,25). The highest BCUT2D eigenvalue weighted by Gasteiger charge is 2.13. The maximum atomic E-state index is 6.13. The summed E-state index contributed by atoms with van der Waals surface area (Å²) in [6.07, 6.45) is 2.12. The van der Waals surface area contributed by atoms with Crippen LogP contribution in [0.5, 0.6) is 11.5 Å². The Kier molecular flexibility index (Phi) is 6.84. The molecular formula is C21H27N5O2. The highest BCUT2D eigenvalue weighted by atomic mass is 16.5. The third-order valence-corrected chi connectivity index (χ3v) is 4.48. The van der Waals surface area contributed by atoms with E-state index in [0.29, 0.717) is 24.8 Å². The van der Waals surface area contributed by atoms with E-state index in [9.17, 15) is 0 Å². The van der Waals surface area contributed by atoms with Gasteiger partial charge < -0.3 is 14.8 Å². The molecule has 0 aliphatic carbocycles. The molecule has 0 saturated heterocycles. The fourth-order valence-corrected chi connectivity index (χ4v) is 2.83. The summed E-state index contributed by atoms with van der Waals surface area (Å²) in [5.41, 5.74) is 3.32. The number of rotatable bonds is 10. The maximum absolute atomic E-state index is 6.13. The number of nitrogens with one attached hydrogen (secondary N) is 1. The van der Waals surface area contributed by atoms with Crippen LogP contribution < -0.4 is 14.8 Å². The van der Waals surface area contributed by atoms with Crippen LogP contribution in [0.2, 0.25) is 0 Å². The second kappa shape index (κ2) is 9.73. The van der Waals surface area contributed by atoms with Gasteiger partial charge in [0.15, 0.2) is 11.5 Å². The predicted molar refractivity (Wildman–Crippen MR) is 109 cm³/mol. The molecule has 0 saturated carbocycles. The summed E-state index contributed by atoms with van der Waals surface area (Å²) < 4.78 is 13.4. The minimum absolute atomic E-state index is 0.474. The Morgan fingerprint density at radius 1 is 1.11 bits per heavy atom. The van der Waals surface area contributed by atoms with Crippen LogP contribution in [-0.4, -0.2) is 27.3 Å². The second-order valence-corrected chi connectivity index (χ2v) is 6.66. The van der Waals surface area contributed by atoms with Crippen LogP contribution in [0.3, 0.4) is 0 Å². The van der Waals surface area contributed by atoms with Crippen LogP contribution in [0.15, 0.2) is 42.5 Å². The molecule has 28 heavy (non-hydrogen) atoms. The van der Waals surface area contributed by atoms with E-state index in [0.717, 1.165) is 36.3 Å². The van der Waals surface area contributed by atoms with Gasteiger partial charge in [-0.15, -0.1) is 0 Å². The molecule has 0 atom stereocenters. The molecule has 0 fully saturated rings. The quantitative estimate of drug-likeness (QED) is 0.573. The fraction of sp³-hybridized carbons (Fsp3) is 0.381. The van der Waals surface area contributed by atoms with Gasteiger partial charge in [0.2, 0.25) is 5.95 Å². The molecule has 3 aromatic rings. The molecule has 3 rings (SSSR count). The van der Waals surface area contributed by atoms with Crippen LogP contribution >= 0.6 is 0 Å². The third-order valence-electron chi connectivity index (χ3n) is 4.48. The van der Waals surface area contributed by atoms with Crippen molar-refractivity contribution in [1.29, 1.82) is 0 Å². The molecule has 0 radical (unpaired) electrons. The minimum atomic E-state index is 0.474. The monoisotopic (exact) mass is 381 g/mol. The first-order valence-electron chi connectivity index (χ1n) is 9.55. The summed E-state index contributed by atoms with van der Waals surface area (Å²) in [6.45, 7) is 6.02. The average molecular weight is 381 g/mol. The number of para-hydroxylation sites is 1. The number of unbranched alkanes of at least 4 members (excludes halogenated alkanes) is 1. The normalized spacial score (nSPS) is 10.7. The van der Waals surface area contributed by atoms with Crippen molar-refractivity contribution in [2.24, 2.45) is 0 Å². The number of nitrogens with zero attached hydrogens (tertiary/aromatic N) is 4. The minimum Gasteiger partial charge on any atom is -0.493 e. The van der Waals surface area contributed by atoms with Crippen molar-refractivity contribution in [2.75, 3.05) is 12.4 Å². The lowest BCUT2D eigenvalue weighted by atomic mass is 10.1. The van der Waals surface area contributed by atoms with Gasteiger partial charge >= 0.3 is 0 Å². The number of methoxy groups -OCH3 is 1. The van der Waals surface area contributed by atoms with E-state index in [-0.39, 0.29) is 0 Å². The molecule has 0 spiro atoms. The molecule has 7 nitrogen and oxygen atoms in total. The molecular weight excluding hydrogens is 354 g/mol. The fourth-order valence-electron chi connectivity index (χ4n) is 2.83. The van der Waals surface area contributed by atoms with Gasteiger partial charge in [-0.25, -0.2) is 4.68 Å². The Morgan fingerprint density at radius 2 is 1.93 bits per heavy atom. The van der Waals surface area contributed by atoms with Gasteiger partial charge in [0, 0.05) is 18.7 Å². The summed E-state index contributed by atoms with van der Waals surface area (Å²) in [4.78, 5) is 0. The summed E-state index contributed by atoms with van der Waals surface area (Å²) in [5, 5.41) is 15.2. The van der Waals surface area contributed by atoms with Crippen molar-refractivity contribution < 1.29 is 9.47 Å². The van der Waals surface area contributed by atoms with Crippen molar-refractivity contribution in [2.45, 2.75) is 46.4 Å². The Labute approximate surface area is 165 Å². The predicted octanol–water partition coefficient (Wildman–Crippen LogP) is 3.98. The highest BCUT2D eigenvalue weighted by Crippen LogP contribution is 2.32. The van der Waals surface area contributed by atoms with E-state index in [4.69, 9.17) is 9.47 Å². The first-order chi connectivity index (χ1) is 13.7. The topological polar surface area (TPSA) is 74.1 Å². The van der Waals surface area contributed by atoms with Gasteiger partial charge in [-0.3, -0.25) is 0 Å². The summed E-state index contributed by atoms with van der Waals surface area (Å²) in [7, 11) is 1.65. The number of tetrazole rings is 1. The molecule has 0 aliphatic rings. The van der Waals surface area contributed by atoms with Crippen molar-refractivity contribution in [3.05, 3.63) is 59.2 Å². The van der Waals surface area contributed by atoms with Crippen LogP contribution in [0.25, 0.3) is 0 Å². The van der Waals surface area contributed by atoms with E-state index in [1.165, 1.54) is 5.56 Å². The highest BCUT2D eigenvalue weighted by molar-refractivity contribution is 5.48. The first kappa shape index (κ1) is 19.7. The lowest BCUT2D eigenvalue weighted by molar-refractivity contribution is 0.281. The van der Waals surface area contributed by atoms with E-state index in [1.807, 2.05) is 18.2 Å². The number of aromatic nitrogens is 4. The van der Waals surface area contributed by atoms with Crippen molar-refractivity contribution in [3.63, 3.8) is 0 Å². The zero-order chi connectivity index (χ0) is 19.8. The van der Waals surface area contributed by atoms with E-state index in [1.54, 1.807) is 11.8 Å². The van der Waals surface area contributed by atoms with Crippen LogP contribution in [0.4, 0.5) is 5.95 Å². The second-order valence-electron chi connectivity index (χ2n) is 6.66. The Balaban J connectivity index is 1.72. The molecule has 1 aromatic heterocycles. The first-order valence-corrected chi connectivity index (χ1v) is 9.55. The lowest BCUT2D eigenvalue weighted by Gasteiger charge is -2.16. The Morgan fingerprint density at radius 3 is 2.68 bits per heavy atom. The molecule has 2 aromatic carbocycles. The summed E-state index contributed by atoms with van der Waals surface area (Å²) >= 11 is 0. The number of anilines is 1. The Hall–Kier alpha value is -3.09. The van der Waals surface area contributed by atoms with E-state index >= 15 is 0 Å². The van der Waals surface area contributed by atoms with Gasteiger partial charge in [-0.1, -0.05) is 60.4 Å². The molecule has 1 heterocycles. The van der Waals surface area contributed by atoms with Gasteiger partial charge in [0.05, 0.1) is 7.11 Å². The summed E-state index contributed by atoms with van der Waals surface area (Å²) in [5.74, 6) is 2.09. The maximum Gasteiger partial charge on any atom is 0.243 e. The zero-order valence-corrected chi connectivity index (χ0v) is 16.7. The average Bonchev–Trinajstić information content (AvgIpc) is 3.17. The van der Waals surface area contributed by atoms with Crippen molar-refractivity contribution >= 4 is 5.95 Å². The number of hydrogen-bond acceptors (Lipinski definition) is 6. The Bertz CT molecular complexity index is 877. The van der Waals surface area contributed by atoms with E-state index < -0.39 is 0 Å². The lowest BCUT2D eigenvalue weighted by Crippen LogP contribution is -2.10. The molecule has 0 bridgehead atoms. The number of benzene rings is 2. The number of ether oxygens (including phenoxy) is 2. The van der Waals surface area contributed by atoms with Crippen LogP contribution in [-0.2, 0) is 19.7 Å². The van der Waals surface area contributed by atoms with Gasteiger partial charge in [0.1, 0.15) is 6.61 Å². The SMILES string of the molecule is CCCCn1nnnc1NCc1cccc(OC)c1OCc1ccc(C)cc1. The molecule has 148 valence electrons. The van der Waals surface area contributed by atoms with Gasteiger partial charge in [-0.2, -0.15) is 0 Å². The third kappa shape index (κ3) is 5.00. The molecule has 1 N–H and O–H groups in total. The van der Waals surface area contributed by atoms with Crippen molar-refractivity contribution in [1.82, 2.24) is 20.2 Å². The van der Waals surface area contributed by atoms with Crippen LogP contribution in [0.1, 0.15) is 36.5 Å². The van der Waals surface area contributed by atoms with Crippen molar-refractivity contribution in [3.8, 4) is 11.5 Å². The zero-order valence-electron chi connectivity index (χ0n) is 16.7. The molecule has 7 heteroatoms. The van der Waals surface area contributed by atoms with Gasteiger partial charge in [-0.05, 0) is 35.4 Å². The van der Waals surface area contributed by atoms with Gasteiger partial charge in [0.25, 0.3) is 0 Å².